The molecule has 1 aromatic rings. The molecule has 0 amide bonds. The predicted octanol–water partition coefficient (Wildman–Crippen LogP) is 1.74. The van der Waals surface area contributed by atoms with Crippen LogP contribution < -0.4 is 0 Å². The molecule has 0 atom stereocenters. The fourth-order valence-electron chi connectivity index (χ4n) is 1.76. The van der Waals surface area contributed by atoms with E-state index in [0.717, 1.165) is 7.05 Å². The van der Waals surface area contributed by atoms with Gasteiger partial charge in [0.15, 0.2) is 0 Å². The minimum absolute atomic E-state index is 0.117. The Bertz CT molecular complexity index is 564. The summed E-state index contributed by atoms with van der Waals surface area (Å²) in [7, 11) is -3.37. The topological polar surface area (TPSA) is 62.5 Å². The van der Waals surface area contributed by atoms with Crippen LogP contribution in [-0.4, -0.2) is 42.2 Å². The SMILES string of the molecule is CC(C)n1cc(S(=O)(=O)N(C)CC(F)(F)F)cc1CO. The van der Waals surface area contributed by atoms with Crippen LogP contribution in [0.2, 0.25) is 0 Å². The first kappa shape index (κ1) is 17.0. The van der Waals surface area contributed by atoms with E-state index in [9.17, 15) is 21.6 Å². The van der Waals surface area contributed by atoms with Crippen LogP contribution in [0.15, 0.2) is 17.2 Å². The summed E-state index contributed by atoms with van der Waals surface area (Å²) < 4.78 is 62.7. The smallest absolute Gasteiger partial charge is 0.390 e. The zero-order valence-electron chi connectivity index (χ0n) is 11.3. The van der Waals surface area contributed by atoms with Gasteiger partial charge in [-0.2, -0.15) is 17.5 Å². The second kappa shape index (κ2) is 5.74. The van der Waals surface area contributed by atoms with E-state index < -0.39 is 29.4 Å². The van der Waals surface area contributed by atoms with Gasteiger partial charge in [0.1, 0.15) is 11.4 Å². The second-order valence-corrected chi connectivity index (χ2v) is 6.75. The summed E-state index contributed by atoms with van der Waals surface area (Å²) in [6.07, 6.45) is -3.37. The summed E-state index contributed by atoms with van der Waals surface area (Å²) in [6.45, 7) is 1.59. The maximum absolute atomic E-state index is 12.3. The van der Waals surface area contributed by atoms with E-state index in [1.807, 2.05) is 0 Å². The molecule has 0 saturated heterocycles. The molecule has 0 fully saturated rings. The Labute approximate surface area is 115 Å². The third-order valence-electron chi connectivity index (χ3n) is 2.74. The lowest BCUT2D eigenvalue weighted by Gasteiger charge is -2.17. The first-order chi connectivity index (χ1) is 8.99. The first-order valence-electron chi connectivity index (χ1n) is 5.83. The Morgan fingerprint density at radius 3 is 2.30 bits per heavy atom. The van der Waals surface area contributed by atoms with Gasteiger partial charge >= 0.3 is 6.18 Å². The van der Waals surface area contributed by atoms with Gasteiger partial charge in [-0.05, 0) is 19.9 Å². The summed E-state index contributed by atoms with van der Waals surface area (Å²) >= 11 is 0. The summed E-state index contributed by atoms with van der Waals surface area (Å²) in [6, 6.07) is 1.07. The highest BCUT2D eigenvalue weighted by atomic mass is 32.2. The van der Waals surface area contributed by atoms with Gasteiger partial charge in [0, 0.05) is 25.0 Å². The lowest BCUT2D eigenvalue weighted by atomic mass is 10.3. The lowest BCUT2D eigenvalue weighted by Crippen LogP contribution is -2.35. The number of nitrogens with zero attached hydrogens (tertiary/aromatic N) is 2. The molecule has 0 spiro atoms. The Morgan fingerprint density at radius 2 is 1.95 bits per heavy atom. The third kappa shape index (κ3) is 3.74. The second-order valence-electron chi connectivity index (χ2n) is 4.70. The number of halogens is 3. The summed E-state index contributed by atoms with van der Waals surface area (Å²) in [5.41, 5.74) is 0.332. The van der Waals surface area contributed by atoms with E-state index in [1.165, 1.54) is 16.8 Å². The molecule has 0 aliphatic rings. The molecule has 0 radical (unpaired) electrons. The zero-order chi connectivity index (χ0) is 15.7. The first-order valence-corrected chi connectivity index (χ1v) is 7.27. The van der Waals surface area contributed by atoms with Crippen molar-refractivity contribution in [3.8, 4) is 0 Å². The number of sulfonamides is 1. The van der Waals surface area contributed by atoms with Crippen molar-refractivity contribution in [2.45, 2.75) is 37.6 Å². The molecule has 1 N–H and O–H groups in total. The minimum atomic E-state index is -4.61. The molecule has 0 aliphatic heterocycles. The maximum atomic E-state index is 12.3. The Kier molecular flexibility index (Phi) is 4.88. The van der Waals surface area contributed by atoms with Crippen molar-refractivity contribution >= 4 is 10.0 Å². The van der Waals surface area contributed by atoms with Crippen molar-refractivity contribution in [2.75, 3.05) is 13.6 Å². The number of alkyl halides is 3. The average Bonchev–Trinajstić information content (AvgIpc) is 2.70. The van der Waals surface area contributed by atoms with Crippen molar-refractivity contribution in [1.82, 2.24) is 8.87 Å². The van der Waals surface area contributed by atoms with Crippen molar-refractivity contribution in [2.24, 2.45) is 0 Å². The van der Waals surface area contributed by atoms with Gasteiger partial charge in [0.25, 0.3) is 0 Å². The van der Waals surface area contributed by atoms with Crippen LogP contribution in [0.5, 0.6) is 0 Å². The molecule has 0 saturated carbocycles. The minimum Gasteiger partial charge on any atom is -0.390 e. The van der Waals surface area contributed by atoms with Gasteiger partial charge in [-0.25, -0.2) is 8.42 Å². The number of aliphatic hydroxyl groups is 1. The van der Waals surface area contributed by atoms with Crippen molar-refractivity contribution < 1.29 is 26.7 Å². The third-order valence-corrected chi connectivity index (χ3v) is 4.50. The zero-order valence-corrected chi connectivity index (χ0v) is 12.2. The van der Waals surface area contributed by atoms with Gasteiger partial charge in [-0.1, -0.05) is 0 Å². The molecular formula is C11H17F3N2O3S. The highest BCUT2D eigenvalue weighted by molar-refractivity contribution is 7.89. The average molecular weight is 314 g/mol. The van der Waals surface area contributed by atoms with Crippen molar-refractivity contribution in [3.63, 3.8) is 0 Å². The van der Waals surface area contributed by atoms with Gasteiger partial charge in [-0.15, -0.1) is 0 Å². The Hall–Kier alpha value is -1.06. The molecule has 0 aliphatic carbocycles. The maximum Gasteiger partial charge on any atom is 0.402 e. The number of aromatic nitrogens is 1. The van der Waals surface area contributed by atoms with E-state index in [1.54, 1.807) is 13.8 Å². The number of hydrogen-bond acceptors (Lipinski definition) is 3. The highest BCUT2D eigenvalue weighted by Gasteiger charge is 2.35. The van der Waals surface area contributed by atoms with E-state index in [2.05, 4.69) is 0 Å². The molecule has 0 aromatic carbocycles. The standard InChI is InChI=1S/C11H17F3N2O3S/c1-8(2)16-5-10(4-9(16)6-17)20(18,19)15(3)7-11(12,13)14/h4-5,8,17H,6-7H2,1-3H3. The van der Waals surface area contributed by atoms with Gasteiger partial charge in [0.05, 0.1) is 6.61 Å². The van der Waals surface area contributed by atoms with E-state index >= 15 is 0 Å². The molecular weight excluding hydrogens is 297 g/mol. The van der Waals surface area contributed by atoms with Gasteiger partial charge in [-0.3, -0.25) is 0 Å². The molecule has 0 bridgehead atoms. The molecule has 20 heavy (non-hydrogen) atoms. The quantitative estimate of drug-likeness (QED) is 0.900. The van der Waals surface area contributed by atoms with Crippen molar-refractivity contribution in [3.05, 3.63) is 18.0 Å². The fraction of sp³-hybridized carbons (Fsp3) is 0.636. The molecule has 116 valence electrons. The molecule has 5 nitrogen and oxygen atoms in total. The van der Waals surface area contributed by atoms with E-state index in [4.69, 9.17) is 5.11 Å². The molecule has 1 heterocycles. The van der Waals surface area contributed by atoms with Crippen LogP contribution in [0.25, 0.3) is 0 Å². The monoisotopic (exact) mass is 314 g/mol. The van der Waals surface area contributed by atoms with Crippen molar-refractivity contribution in [1.29, 1.82) is 0 Å². The van der Waals surface area contributed by atoms with E-state index in [0.29, 0.717) is 5.69 Å². The predicted molar refractivity (Wildman–Crippen MR) is 66.6 cm³/mol. The number of aliphatic hydroxyl groups excluding tert-OH is 1. The van der Waals surface area contributed by atoms with Crippen LogP contribution in [0.4, 0.5) is 13.2 Å². The van der Waals surface area contributed by atoms with Gasteiger partial charge < -0.3 is 9.67 Å². The van der Waals surface area contributed by atoms with Crippen LogP contribution in [0.3, 0.4) is 0 Å². The summed E-state index contributed by atoms with van der Waals surface area (Å²) in [5.74, 6) is 0. The van der Waals surface area contributed by atoms with E-state index in [-0.39, 0.29) is 15.2 Å². The van der Waals surface area contributed by atoms with Crippen LogP contribution in [0.1, 0.15) is 25.6 Å². The van der Waals surface area contributed by atoms with Crippen LogP contribution in [-0.2, 0) is 16.6 Å². The van der Waals surface area contributed by atoms with Crippen LogP contribution >= 0.6 is 0 Å². The normalized spacial score (nSPS) is 13.4. The number of rotatable bonds is 5. The largest absolute Gasteiger partial charge is 0.402 e. The number of hydrogen-bond donors (Lipinski definition) is 1. The Morgan fingerprint density at radius 1 is 1.40 bits per heavy atom. The Balaban J connectivity index is 3.16. The molecule has 1 rings (SSSR count). The molecule has 1 aromatic heterocycles. The summed E-state index contributed by atoms with van der Waals surface area (Å²) in [5, 5.41) is 9.16. The van der Waals surface area contributed by atoms with Gasteiger partial charge in [0.2, 0.25) is 10.0 Å². The van der Waals surface area contributed by atoms with Crippen LogP contribution in [0, 0.1) is 0 Å². The highest BCUT2D eigenvalue weighted by Crippen LogP contribution is 2.24. The fourth-order valence-corrected chi connectivity index (χ4v) is 2.97. The lowest BCUT2D eigenvalue weighted by molar-refractivity contribution is -0.134. The summed E-state index contributed by atoms with van der Waals surface area (Å²) in [4.78, 5) is -0.262. The molecule has 0 unspecified atom stereocenters. The molecule has 9 heteroatoms.